The van der Waals surface area contributed by atoms with Crippen LogP contribution in [-0.2, 0) is 15.7 Å². The molecule has 1 aromatic rings. The number of methoxy groups -OCH3 is 1. The summed E-state index contributed by atoms with van der Waals surface area (Å²) in [6.45, 7) is 1.39. The minimum absolute atomic E-state index is 0.391. The number of hydrogen-bond donors (Lipinski definition) is 1. The van der Waals surface area contributed by atoms with Gasteiger partial charge >= 0.3 is 12.1 Å². The molecule has 0 aliphatic rings. The summed E-state index contributed by atoms with van der Waals surface area (Å²) in [4.78, 5) is 14.6. The average molecular weight is 248 g/mol. The van der Waals surface area contributed by atoms with Crippen molar-refractivity contribution in [3.05, 3.63) is 23.9 Å². The van der Waals surface area contributed by atoms with E-state index in [4.69, 9.17) is 0 Å². The smallest absolute Gasteiger partial charge is 0.419 e. The standard InChI is InChI=1S/C10H11F3N2O2/c1-6(9(16)17-2)15-8-7(10(11,12)13)4-3-5-14-8/h3-6H,1-2H3,(H,14,15). The highest BCUT2D eigenvalue weighted by atomic mass is 19.4. The SMILES string of the molecule is COC(=O)C(C)Nc1ncccc1C(F)(F)F. The molecule has 94 valence electrons. The summed E-state index contributed by atoms with van der Waals surface area (Å²) in [6.07, 6.45) is -3.31. The number of nitrogens with zero attached hydrogens (tertiary/aromatic N) is 1. The number of carbonyl (C=O) groups is 1. The summed E-state index contributed by atoms with van der Waals surface area (Å²) in [5.74, 6) is -1.05. The maximum absolute atomic E-state index is 12.6. The number of aromatic nitrogens is 1. The molecule has 7 heteroatoms. The van der Waals surface area contributed by atoms with E-state index < -0.39 is 29.6 Å². The van der Waals surface area contributed by atoms with Crippen LogP contribution in [0.2, 0.25) is 0 Å². The van der Waals surface area contributed by atoms with Gasteiger partial charge in [0.05, 0.1) is 12.7 Å². The third-order valence-electron chi connectivity index (χ3n) is 2.02. The lowest BCUT2D eigenvalue weighted by atomic mass is 10.2. The molecule has 1 heterocycles. The number of halogens is 3. The number of ether oxygens (including phenoxy) is 1. The summed E-state index contributed by atoms with van der Waals surface area (Å²) in [5, 5.41) is 2.36. The Morgan fingerprint density at radius 1 is 1.53 bits per heavy atom. The highest BCUT2D eigenvalue weighted by Gasteiger charge is 2.34. The molecule has 1 aromatic heterocycles. The van der Waals surface area contributed by atoms with E-state index in [1.807, 2.05) is 0 Å². The Balaban J connectivity index is 2.95. The normalized spacial score (nSPS) is 13.0. The zero-order valence-electron chi connectivity index (χ0n) is 9.21. The van der Waals surface area contributed by atoms with E-state index >= 15 is 0 Å². The molecule has 0 bridgehead atoms. The maximum Gasteiger partial charge on any atom is 0.419 e. The topological polar surface area (TPSA) is 51.2 Å². The molecule has 0 spiro atoms. The molecule has 0 amide bonds. The van der Waals surface area contributed by atoms with E-state index in [1.165, 1.54) is 19.2 Å². The Hall–Kier alpha value is -1.79. The third-order valence-corrected chi connectivity index (χ3v) is 2.02. The number of carbonyl (C=O) groups excluding carboxylic acids is 1. The molecule has 4 nitrogen and oxygen atoms in total. The van der Waals surface area contributed by atoms with E-state index in [0.29, 0.717) is 0 Å². The van der Waals surface area contributed by atoms with Gasteiger partial charge < -0.3 is 10.1 Å². The Kier molecular flexibility index (Phi) is 3.93. The minimum atomic E-state index is -4.52. The Bertz CT molecular complexity index is 407. The highest BCUT2D eigenvalue weighted by molar-refractivity contribution is 5.78. The van der Waals surface area contributed by atoms with Gasteiger partial charge in [-0.2, -0.15) is 13.2 Å². The van der Waals surface area contributed by atoms with E-state index in [0.717, 1.165) is 13.2 Å². The molecule has 0 saturated carbocycles. The second kappa shape index (κ2) is 5.03. The molecule has 1 N–H and O–H groups in total. The number of esters is 1. The second-order valence-electron chi connectivity index (χ2n) is 3.29. The lowest BCUT2D eigenvalue weighted by molar-refractivity contribution is -0.141. The fourth-order valence-corrected chi connectivity index (χ4v) is 1.19. The van der Waals surface area contributed by atoms with Crippen LogP contribution >= 0.6 is 0 Å². The van der Waals surface area contributed by atoms with E-state index in [-0.39, 0.29) is 0 Å². The first kappa shape index (κ1) is 13.3. The molecule has 0 aliphatic heterocycles. The van der Waals surface area contributed by atoms with Crippen molar-refractivity contribution in [2.75, 3.05) is 12.4 Å². The van der Waals surface area contributed by atoms with Crippen molar-refractivity contribution < 1.29 is 22.7 Å². The van der Waals surface area contributed by atoms with E-state index in [1.54, 1.807) is 0 Å². The van der Waals surface area contributed by atoms with Crippen LogP contribution in [0.15, 0.2) is 18.3 Å². The van der Waals surface area contributed by atoms with E-state index in [9.17, 15) is 18.0 Å². The molecule has 0 saturated heterocycles. The first-order valence-corrected chi connectivity index (χ1v) is 4.73. The summed E-state index contributed by atoms with van der Waals surface area (Å²) in [7, 11) is 1.16. The van der Waals surface area contributed by atoms with Gasteiger partial charge in [-0.15, -0.1) is 0 Å². The summed E-state index contributed by atoms with van der Waals surface area (Å²) < 4.78 is 42.2. The van der Waals surface area contributed by atoms with Crippen LogP contribution in [0.4, 0.5) is 19.0 Å². The quantitative estimate of drug-likeness (QED) is 0.832. The van der Waals surface area contributed by atoms with Crippen LogP contribution in [0.5, 0.6) is 0 Å². The van der Waals surface area contributed by atoms with Gasteiger partial charge in [-0.25, -0.2) is 9.78 Å². The summed E-state index contributed by atoms with van der Waals surface area (Å²) in [6, 6.07) is 1.16. The number of rotatable bonds is 3. The lowest BCUT2D eigenvalue weighted by Crippen LogP contribution is -2.29. The predicted octanol–water partition coefficient (Wildman–Crippen LogP) is 2.07. The Morgan fingerprint density at radius 2 is 2.18 bits per heavy atom. The van der Waals surface area contributed by atoms with Crippen LogP contribution in [0.25, 0.3) is 0 Å². The van der Waals surface area contributed by atoms with E-state index in [2.05, 4.69) is 15.0 Å². The molecule has 0 aliphatic carbocycles. The minimum Gasteiger partial charge on any atom is -0.467 e. The fourth-order valence-electron chi connectivity index (χ4n) is 1.19. The maximum atomic E-state index is 12.6. The van der Waals surface area contributed by atoms with Gasteiger partial charge in [0.1, 0.15) is 11.9 Å². The van der Waals surface area contributed by atoms with Crippen molar-refractivity contribution in [2.45, 2.75) is 19.1 Å². The molecule has 0 radical (unpaired) electrons. The van der Waals surface area contributed by atoms with Gasteiger partial charge in [0.15, 0.2) is 0 Å². The molecule has 0 aromatic carbocycles. The first-order chi connectivity index (χ1) is 7.86. The van der Waals surface area contributed by atoms with Crippen molar-refractivity contribution in [1.82, 2.24) is 4.98 Å². The van der Waals surface area contributed by atoms with Gasteiger partial charge in [0.25, 0.3) is 0 Å². The van der Waals surface area contributed by atoms with Crippen LogP contribution in [0.3, 0.4) is 0 Å². The third kappa shape index (κ3) is 3.33. The number of anilines is 1. The zero-order chi connectivity index (χ0) is 13.1. The van der Waals surface area contributed by atoms with Crippen molar-refractivity contribution in [3.63, 3.8) is 0 Å². The van der Waals surface area contributed by atoms with Crippen molar-refractivity contribution in [2.24, 2.45) is 0 Å². The Labute approximate surface area is 95.8 Å². The van der Waals surface area contributed by atoms with Gasteiger partial charge in [-0.05, 0) is 19.1 Å². The number of nitrogens with one attached hydrogen (secondary N) is 1. The predicted molar refractivity (Wildman–Crippen MR) is 54.3 cm³/mol. The number of alkyl halides is 3. The number of pyridine rings is 1. The molecular weight excluding hydrogens is 237 g/mol. The fraction of sp³-hybridized carbons (Fsp3) is 0.400. The molecule has 1 rings (SSSR count). The van der Waals surface area contributed by atoms with Crippen molar-refractivity contribution in [1.29, 1.82) is 0 Å². The van der Waals surface area contributed by atoms with Gasteiger partial charge in [-0.1, -0.05) is 0 Å². The highest BCUT2D eigenvalue weighted by Crippen LogP contribution is 2.33. The summed E-state index contributed by atoms with van der Waals surface area (Å²) in [5.41, 5.74) is -0.921. The van der Waals surface area contributed by atoms with Crippen molar-refractivity contribution >= 4 is 11.8 Å². The lowest BCUT2D eigenvalue weighted by Gasteiger charge is -2.16. The second-order valence-corrected chi connectivity index (χ2v) is 3.29. The van der Waals surface area contributed by atoms with Crippen LogP contribution in [-0.4, -0.2) is 24.1 Å². The molecule has 1 atom stereocenters. The van der Waals surface area contributed by atoms with Crippen molar-refractivity contribution in [3.8, 4) is 0 Å². The monoisotopic (exact) mass is 248 g/mol. The molecule has 0 fully saturated rings. The Morgan fingerprint density at radius 3 is 2.71 bits per heavy atom. The molecule has 1 unspecified atom stereocenters. The van der Waals surface area contributed by atoms with Crippen LogP contribution in [0, 0.1) is 0 Å². The van der Waals surface area contributed by atoms with Gasteiger partial charge in [0, 0.05) is 6.20 Å². The number of hydrogen-bond acceptors (Lipinski definition) is 4. The average Bonchev–Trinajstić information content (AvgIpc) is 2.27. The molecule has 17 heavy (non-hydrogen) atoms. The first-order valence-electron chi connectivity index (χ1n) is 4.73. The van der Waals surface area contributed by atoms with Gasteiger partial charge in [0.2, 0.25) is 0 Å². The largest absolute Gasteiger partial charge is 0.467 e. The van der Waals surface area contributed by atoms with Gasteiger partial charge in [-0.3, -0.25) is 0 Å². The zero-order valence-corrected chi connectivity index (χ0v) is 9.21. The van der Waals surface area contributed by atoms with Crippen LogP contribution < -0.4 is 5.32 Å². The van der Waals surface area contributed by atoms with Crippen LogP contribution in [0.1, 0.15) is 12.5 Å². The summed E-state index contributed by atoms with van der Waals surface area (Å²) >= 11 is 0. The molecular formula is C10H11F3N2O2.